The zero-order valence-corrected chi connectivity index (χ0v) is 9.61. The lowest BCUT2D eigenvalue weighted by Crippen LogP contribution is -1.97. The number of halogens is 1. The molecule has 0 aromatic heterocycles. The maximum atomic E-state index is 10.8. The number of aromatic carboxylic acids is 1. The van der Waals surface area contributed by atoms with Gasteiger partial charge in [-0.3, -0.25) is 0 Å². The molecule has 2 rings (SSSR count). The minimum atomic E-state index is -1.03. The quantitative estimate of drug-likeness (QED) is 0.801. The summed E-state index contributed by atoms with van der Waals surface area (Å²) in [5.41, 5.74) is 8.18. The van der Waals surface area contributed by atoms with Gasteiger partial charge in [0, 0.05) is 5.69 Å². The Labute approximate surface area is 103 Å². The molecule has 0 radical (unpaired) electrons. The largest absolute Gasteiger partial charge is 0.478 e. The predicted molar refractivity (Wildman–Crippen MR) is 68.3 cm³/mol. The van der Waals surface area contributed by atoms with E-state index in [2.05, 4.69) is 0 Å². The summed E-state index contributed by atoms with van der Waals surface area (Å²) in [5, 5.41) is 9.09. The average molecular weight is 248 g/mol. The number of hydrogen-bond donors (Lipinski definition) is 2. The van der Waals surface area contributed by atoms with E-state index in [1.54, 1.807) is 18.2 Å². The molecular weight excluding hydrogens is 238 g/mol. The Kier molecular flexibility index (Phi) is 3.02. The summed E-state index contributed by atoms with van der Waals surface area (Å²) in [7, 11) is 0. The van der Waals surface area contributed by atoms with Crippen LogP contribution in [0.2, 0.25) is 5.02 Å². The Morgan fingerprint density at radius 3 is 2.41 bits per heavy atom. The SMILES string of the molecule is Nc1cccc(-c2ccc(C(=O)O)c(Cl)c2)c1. The molecule has 17 heavy (non-hydrogen) atoms. The Morgan fingerprint density at radius 1 is 1.12 bits per heavy atom. The summed E-state index contributed by atoms with van der Waals surface area (Å²) >= 11 is 5.90. The number of carboxylic acid groups (broad SMARTS) is 1. The molecule has 0 heterocycles. The highest BCUT2D eigenvalue weighted by Gasteiger charge is 2.09. The van der Waals surface area contributed by atoms with Gasteiger partial charge in [-0.05, 0) is 35.4 Å². The first-order chi connectivity index (χ1) is 8.08. The number of hydrogen-bond acceptors (Lipinski definition) is 2. The smallest absolute Gasteiger partial charge is 0.337 e. The molecule has 3 N–H and O–H groups in total. The van der Waals surface area contributed by atoms with E-state index in [0.29, 0.717) is 5.69 Å². The van der Waals surface area contributed by atoms with E-state index in [4.69, 9.17) is 22.4 Å². The Hall–Kier alpha value is -2.00. The van der Waals surface area contributed by atoms with Crippen molar-refractivity contribution in [2.24, 2.45) is 0 Å². The van der Waals surface area contributed by atoms with Crippen molar-refractivity contribution < 1.29 is 9.90 Å². The third-order valence-corrected chi connectivity index (χ3v) is 2.73. The van der Waals surface area contributed by atoms with E-state index in [-0.39, 0.29) is 10.6 Å². The fraction of sp³-hybridized carbons (Fsp3) is 0. The van der Waals surface area contributed by atoms with Gasteiger partial charge in [0.1, 0.15) is 0 Å². The van der Waals surface area contributed by atoms with Crippen LogP contribution in [0.25, 0.3) is 11.1 Å². The molecule has 0 saturated heterocycles. The van der Waals surface area contributed by atoms with Crippen LogP contribution in [-0.2, 0) is 0 Å². The van der Waals surface area contributed by atoms with Crippen LogP contribution >= 0.6 is 11.6 Å². The summed E-state index contributed by atoms with van der Waals surface area (Å²) in [5.74, 6) is -1.03. The van der Waals surface area contributed by atoms with E-state index in [0.717, 1.165) is 11.1 Å². The Morgan fingerprint density at radius 2 is 1.82 bits per heavy atom. The van der Waals surface area contributed by atoms with E-state index >= 15 is 0 Å². The van der Waals surface area contributed by atoms with Crippen LogP contribution in [-0.4, -0.2) is 11.1 Å². The van der Waals surface area contributed by atoms with Gasteiger partial charge in [0.05, 0.1) is 10.6 Å². The molecule has 4 heteroatoms. The van der Waals surface area contributed by atoms with Gasteiger partial charge in [-0.1, -0.05) is 29.8 Å². The molecule has 0 aliphatic carbocycles. The van der Waals surface area contributed by atoms with Gasteiger partial charge >= 0.3 is 5.97 Å². The maximum absolute atomic E-state index is 10.8. The van der Waals surface area contributed by atoms with Crippen LogP contribution in [0.15, 0.2) is 42.5 Å². The van der Waals surface area contributed by atoms with Gasteiger partial charge in [-0.2, -0.15) is 0 Å². The molecule has 3 nitrogen and oxygen atoms in total. The number of carboxylic acids is 1. The van der Waals surface area contributed by atoms with Crippen molar-refractivity contribution in [2.75, 3.05) is 5.73 Å². The highest BCUT2D eigenvalue weighted by Crippen LogP contribution is 2.26. The number of anilines is 1. The third kappa shape index (κ3) is 2.40. The fourth-order valence-electron chi connectivity index (χ4n) is 1.59. The van der Waals surface area contributed by atoms with Gasteiger partial charge in [0.2, 0.25) is 0 Å². The Bertz CT molecular complexity index is 581. The molecule has 0 aliphatic heterocycles. The summed E-state index contributed by atoms with van der Waals surface area (Å²) < 4.78 is 0. The predicted octanol–water partition coefficient (Wildman–Crippen LogP) is 3.29. The standard InChI is InChI=1S/C13H10ClNO2/c14-12-7-9(4-5-11(12)13(16)17)8-2-1-3-10(15)6-8/h1-7H,15H2,(H,16,17). The highest BCUT2D eigenvalue weighted by atomic mass is 35.5. The number of rotatable bonds is 2. The summed E-state index contributed by atoms with van der Waals surface area (Å²) in [4.78, 5) is 10.8. The molecule has 0 bridgehead atoms. The van der Waals surface area contributed by atoms with Gasteiger partial charge in [-0.15, -0.1) is 0 Å². The normalized spacial score (nSPS) is 10.2. The average Bonchev–Trinajstić information content (AvgIpc) is 2.28. The number of carbonyl (C=O) groups is 1. The van der Waals surface area contributed by atoms with Crippen LogP contribution in [0.4, 0.5) is 5.69 Å². The molecule has 2 aromatic rings. The van der Waals surface area contributed by atoms with Gasteiger partial charge in [0.25, 0.3) is 0 Å². The molecular formula is C13H10ClNO2. The summed E-state index contributed by atoms with van der Waals surface area (Å²) in [6.45, 7) is 0. The van der Waals surface area contributed by atoms with E-state index in [1.165, 1.54) is 6.07 Å². The molecule has 0 fully saturated rings. The first-order valence-corrected chi connectivity index (χ1v) is 5.34. The van der Waals surface area contributed by atoms with Crippen LogP contribution in [0.1, 0.15) is 10.4 Å². The zero-order valence-electron chi connectivity index (χ0n) is 8.85. The van der Waals surface area contributed by atoms with E-state index in [1.807, 2.05) is 18.2 Å². The van der Waals surface area contributed by atoms with Crippen molar-refractivity contribution in [3.8, 4) is 11.1 Å². The van der Waals surface area contributed by atoms with Crippen LogP contribution in [0, 0.1) is 0 Å². The first kappa shape index (κ1) is 11.5. The second-order valence-corrected chi connectivity index (χ2v) is 4.03. The lowest BCUT2D eigenvalue weighted by atomic mass is 10.0. The first-order valence-electron chi connectivity index (χ1n) is 4.96. The van der Waals surface area contributed by atoms with Gasteiger partial charge in [0.15, 0.2) is 0 Å². The molecule has 0 unspecified atom stereocenters. The number of benzene rings is 2. The van der Waals surface area contributed by atoms with E-state index < -0.39 is 5.97 Å². The van der Waals surface area contributed by atoms with Gasteiger partial charge < -0.3 is 10.8 Å². The van der Waals surface area contributed by atoms with Crippen molar-refractivity contribution in [1.82, 2.24) is 0 Å². The molecule has 0 amide bonds. The second kappa shape index (κ2) is 4.47. The van der Waals surface area contributed by atoms with Crippen molar-refractivity contribution in [3.63, 3.8) is 0 Å². The second-order valence-electron chi connectivity index (χ2n) is 3.63. The Balaban J connectivity index is 2.48. The molecule has 2 aromatic carbocycles. The third-order valence-electron chi connectivity index (χ3n) is 2.42. The van der Waals surface area contributed by atoms with E-state index in [9.17, 15) is 4.79 Å². The monoisotopic (exact) mass is 247 g/mol. The van der Waals surface area contributed by atoms with Crippen LogP contribution < -0.4 is 5.73 Å². The number of nitrogens with two attached hydrogens (primary N) is 1. The van der Waals surface area contributed by atoms with Crippen molar-refractivity contribution in [1.29, 1.82) is 0 Å². The van der Waals surface area contributed by atoms with Crippen molar-refractivity contribution >= 4 is 23.3 Å². The lowest BCUT2D eigenvalue weighted by molar-refractivity contribution is 0.0697. The van der Waals surface area contributed by atoms with Crippen LogP contribution in [0.3, 0.4) is 0 Å². The minimum Gasteiger partial charge on any atom is -0.478 e. The lowest BCUT2D eigenvalue weighted by Gasteiger charge is -2.05. The molecule has 86 valence electrons. The van der Waals surface area contributed by atoms with Crippen molar-refractivity contribution in [3.05, 3.63) is 53.1 Å². The highest BCUT2D eigenvalue weighted by molar-refractivity contribution is 6.33. The minimum absolute atomic E-state index is 0.0966. The molecule has 0 atom stereocenters. The topological polar surface area (TPSA) is 63.3 Å². The summed E-state index contributed by atoms with van der Waals surface area (Å²) in [6.07, 6.45) is 0. The molecule has 0 aliphatic rings. The molecule has 0 spiro atoms. The number of nitrogen functional groups attached to an aromatic ring is 1. The van der Waals surface area contributed by atoms with Crippen LogP contribution in [0.5, 0.6) is 0 Å². The van der Waals surface area contributed by atoms with Crippen molar-refractivity contribution in [2.45, 2.75) is 0 Å². The maximum Gasteiger partial charge on any atom is 0.337 e. The summed E-state index contributed by atoms with van der Waals surface area (Å²) in [6, 6.07) is 12.2. The molecule has 0 saturated carbocycles. The fourth-order valence-corrected chi connectivity index (χ4v) is 1.85. The van der Waals surface area contributed by atoms with Gasteiger partial charge in [-0.25, -0.2) is 4.79 Å². The zero-order chi connectivity index (χ0) is 12.4.